The maximum absolute atomic E-state index is 11.7. The van der Waals surface area contributed by atoms with Gasteiger partial charge in [0.25, 0.3) is 0 Å². The molecule has 0 aliphatic heterocycles. The highest BCUT2D eigenvalue weighted by Crippen LogP contribution is 2.31. The third-order valence-corrected chi connectivity index (χ3v) is 5.27. The molecule has 0 fully saturated rings. The SMILES string of the molecule is CCCC(=O)Nc1ccc(-c2nc(NCc3ccccc3OC)sc2C)cc1. The monoisotopic (exact) mass is 395 g/mol. The Bertz CT molecular complexity index is 935. The van der Waals surface area contributed by atoms with E-state index in [0.29, 0.717) is 13.0 Å². The number of aromatic nitrogens is 1. The number of hydrogen-bond donors (Lipinski definition) is 2. The van der Waals surface area contributed by atoms with Gasteiger partial charge in [-0.3, -0.25) is 4.79 Å². The summed E-state index contributed by atoms with van der Waals surface area (Å²) in [6.07, 6.45) is 1.38. The number of rotatable bonds is 8. The van der Waals surface area contributed by atoms with Gasteiger partial charge >= 0.3 is 0 Å². The number of thiazole rings is 1. The number of methoxy groups -OCH3 is 1. The van der Waals surface area contributed by atoms with E-state index in [9.17, 15) is 4.79 Å². The van der Waals surface area contributed by atoms with Gasteiger partial charge in [-0.15, -0.1) is 11.3 Å². The van der Waals surface area contributed by atoms with Crippen molar-refractivity contribution in [1.29, 1.82) is 0 Å². The number of carbonyl (C=O) groups excluding carboxylic acids is 1. The first-order valence-electron chi connectivity index (χ1n) is 9.34. The van der Waals surface area contributed by atoms with Gasteiger partial charge in [-0.05, 0) is 31.5 Å². The van der Waals surface area contributed by atoms with Gasteiger partial charge < -0.3 is 15.4 Å². The van der Waals surface area contributed by atoms with E-state index in [0.717, 1.165) is 44.7 Å². The van der Waals surface area contributed by atoms with Crippen LogP contribution in [-0.2, 0) is 11.3 Å². The zero-order valence-electron chi connectivity index (χ0n) is 16.4. The molecule has 3 rings (SSSR count). The molecule has 0 aliphatic carbocycles. The molecule has 1 heterocycles. The maximum Gasteiger partial charge on any atom is 0.224 e. The molecule has 0 bridgehead atoms. The molecular formula is C22H25N3O2S. The second-order valence-electron chi connectivity index (χ2n) is 6.46. The van der Waals surface area contributed by atoms with E-state index >= 15 is 0 Å². The van der Waals surface area contributed by atoms with Crippen LogP contribution < -0.4 is 15.4 Å². The lowest BCUT2D eigenvalue weighted by molar-refractivity contribution is -0.116. The number of nitrogens with zero attached hydrogens (tertiary/aromatic N) is 1. The summed E-state index contributed by atoms with van der Waals surface area (Å²) in [6.45, 7) is 4.71. The Morgan fingerprint density at radius 2 is 1.89 bits per heavy atom. The van der Waals surface area contributed by atoms with E-state index in [2.05, 4.69) is 17.6 Å². The summed E-state index contributed by atoms with van der Waals surface area (Å²) in [4.78, 5) is 17.6. The molecule has 0 aliphatic rings. The Balaban J connectivity index is 1.69. The molecule has 3 aromatic rings. The number of para-hydroxylation sites is 1. The topological polar surface area (TPSA) is 63.2 Å². The van der Waals surface area contributed by atoms with Crippen LogP contribution in [0.5, 0.6) is 5.75 Å². The van der Waals surface area contributed by atoms with Crippen molar-refractivity contribution in [2.75, 3.05) is 17.7 Å². The van der Waals surface area contributed by atoms with Crippen LogP contribution in [-0.4, -0.2) is 18.0 Å². The minimum Gasteiger partial charge on any atom is -0.496 e. The van der Waals surface area contributed by atoms with Crippen LogP contribution in [0.4, 0.5) is 10.8 Å². The molecule has 146 valence electrons. The average molecular weight is 396 g/mol. The number of anilines is 2. The molecule has 6 heteroatoms. The van der Waals surface area contributed by atoms with Gasteiger partial charge in [-0.25, -0.2) is 4.98 Å². The predicted octanol–water partition coefficient (Wildman–Crippen LogP) is 5.48. The molecule has 0 atom stereocenters. The van der Waals surface area contributed by atoms with Crippen molar-refractivity contribution in [2.45, 2.75) is 33.2 Å². The maximum atomic E-state index is 11.7. The average Bonchev–Trinajstić information content (AvgIpc) is 3.08. The van der Waals surface area contributed by atoms with Crippen LogP contribution >= 0.6 is 11.3 Å². The van der Waals surface area contributed by atoms with E-state index in [1.807, 2.05) is 55.5 Å². The Morgan fingerprint density at radius 1 is 1.14 bits per heavy atom. The van der Waals surface area contributed by atoms with Crippen LogP contribution in [0.15, 0.2) is 48.5 Å². The Labute approximate surface area is 169 Å². The molecule has 0 radical (unpaired) electrons. The van der Waals surface area contributed by atoms with Gasteiger partial charge in [-0.2, -0.15) is 0 Å². The first-order chi connectivity index (χ1) is 13.6. The van der Waals surface area contributed by atoms with Crippen LogP contribution in [0.3, 0.4) is 0 Å². The number of nitrogens with one attached hydrogen (secondary N) is 2. The number of ether oxygens (including phenoxy) is 1. The van der Waals surface area contributed by atoms with Crippen LogP contribution in [0, 0.1) is 6.92 Å². The van der Waals surface area contributed by atoms with Crippen LogP contribution in [0.2, 0.25) is 0 Å². The quantitative estimate of drug-likeness (QED) is 0.530. The second-order valence-corrected chi connectivity index (χ2v) is 7.67. The first-order valence-corrected chi connectivity index (χ1v) is 10.2. The Kier molecular flexibility index (Phi) is 6.66. The third-order valence-electron chi connectivity index (χ3n) is 4.34. The van der Waals surface area contributed by atoms with Crippen molar-refractivity contribution in [3.8, 4) is 17.0 Å². The molecule has 1 amide bonds. The van der Waals surface area contributed by atoms with Crippen molar-refractivity contribution in [3.05, 3.63) is 59.0 Å². The summed E-state index contributed by atoms with van der Waals surface area (Å²) in [5.41, 5.74) is 3.89. The Hall–Kier alpha value is -2.86. The number of aryl methyl sites for hydroxylation is 1. The van der Waals surface area contributed by atoms with Crippen LogP contribution in [0.1, 0.15) is 30.2 Å². The summed E-state index contributed by atoms with van der Waals surface area (Å²) >= 11 is 1.63. The smallest absolute Gasteiger partial charge is 0.224 e. The number of hydrogen-bond acceptors (Lipinski definition) is 5. The van der Waals surface area contributed by atoms with Crippen molar-refractivity contribution in [2.24, 2.45) is 0 Å². The summed E-state index contributed by atoms with van der Waals surface area (Å²) in [6, 6.07) is 15.8. The number of benzene rings is 2. The fraction of sp³-hybridized carbons (Fsp3) is 0.273. The highest BCUT2D eigenvalue weighted by atomic mass is 32.1. The molecule has 5 nitrogen and oxygen atoms in total. The summed E-state index contributed by atoms with van der Waals surface area (Å²) in [5, 5.41) is 7.17. The molecule has 2 N–H and O–H groups in total. The van der Waals surface area contributed by atoms with E-state index in [-0.39, 0.29) is 5.91 Å². The van der Waals surface area contributed by atoms with Crippen molar-refractivity contribution in [3.63, 3.8) is 0 Å². The number of carbonyl (C=O) groups is 1. The zero-order valence-corrected chi connectivity index (χ0v) is 17.2. The van der Waals surface area contributed by atoms with Crippen molar-refractivity contribution in [1.82, 2.24) is 4.98 Å². The predicted molar refractivity (Wildman–Crippen MR) is 116 cm³/mol. The highest BCUT2D eigenvalue weighted by Gasteiger charge is 2.11. The van der Waals surface area contributed by atoms with Crippen LogP contribution in [0.25, 0.3) is 11.3 Å². The van der Waals surface area contributed by atoms with Crippen molar-refractivity contribution < 1.29 is 9.53 Å². The summed E-state index contributed by atoms with van der Waals surface area (Å²) in [7, 11) is 1.68. The van der Waals surface area contributed by atoms with Crippen molar-refractivity contribution >= 4 is 28.1 Å². The van der Waals surface area contributed by atoms with E-state index < -0.39 is 0 Å². The molecule has 0 saturated heterocycles. The van der Waals surface area contributed by atoms with Gasteiger partial charge in [0.15, 0.2) is 5.13 Å². The minimum atomic E-state index is 0.0444. The summed E-state index contributed by atoms with van der Waals surface area (Å²) in [5.74, 6) is 0.909. The molecule has 2 aromatic carbocycles. The number of amides is 1. The van der Waals surface area contributed by atoms with Gasteiger partial charge in [0, 0.05) is 34.7 Å². The normalized spacial score (nSPS) is 10.5. The summed E-state index contributed by atoms with van der Waals surface area (Å²) < 4.78 is 5.40. The fourth-order valence-electron chi connectivity index (χ4n) is 2.92. The largest absolute Gasteiger partial charge is 0.496 e. The first kappa shape index (κ1) is 19.9. The zero-order chi connectivity index (χ0) is 19.9. The van der Waals surface area contributed by atoms with Gasteiger partial charge in [0.2, 0.25) is 5.91 Å². The lowest BCUT2D eigenvalue weighted by atomic mass is 10.1. The van der Waals surface area contributed by atoms with E-state index in [4.69, 9.17) is 9.72 Å². The fourth-order valence-corrected chi connectivity index (χ4v) is 3.75. The lowest BCUT2D eigenvalue weighted by Crippen LogP contribution is -2.10. The Morgan fingerprint density at radius 3 is 2.61 bits per heavy atom. The lowest BCUT2D eigenvalue weighted by Gasteiger charge is -2.08. The molecule has 1 aromatic heterocycles. The molecule has 0 saturated carbocycles. The molecular weight excluding hydrogens is 370 g/mol. The molecule has 0 unspecified atom stereocenters. The van der Waals surface area contributed by atoms with Gasteiger partial charge in [0.1, 0.15) is 5.75 Å². The van der Waals surface area contributed by atoms with E-state index in [1.54, 1.807) is 18.4 Å². The third kappa shape index (κ3) is 4.89. The van der Waals surface area contributed by atoms with Gasteiger partial charge in [0.05, 0.1) is 12.8 Å². The minimum absolute atomic E-state index is 0.0444. The molecule has 0 spiro atoms. The highest BCUT2D eigenvalue weighted by molar-refractivity contribution is 7.16. The standard InChI is InChI=1S/C22H25N3O2S/c1-4-7-20(26)24-18-12-10-16(11-13-18)21-15(2)28-22(25-21)23-14-17-8-5-6-9-19(17)27-3/h5-6,8-13H,4,7,14H2,1-3H3,(H,23,25)(H,24,26). The second kappa shape index (κ2) is 9.37. The molecule has 28 heavy (non-hydrogen) atoms. The van der Waals surface area contributed by atoms with E-state index in [1.165, 1.54) is 0 Å². The van der Waals surface area contributed by atoms with Gasteiger partial charge in [-0.1, -0.05) is 37.3 Å².